The van der Waals surface area contributed by atoms with E-state index >= 15 is 0 Å². The molecule has 0 aliphatic carbocycles. The molecule has 0 aliphatic heterocycles. The van der Waals surface area contributed by atoms with Crippen LogP contribution in [-0.2, 0) is 14.3 Å². The number of aromatic nitrogens is 1. The standard InChI is InChI=1S/C14H20N2O3/c1-10-9-11(7-8-15-10)16-12(17)5-6-13(18)19-14(2,3)4/h7-9H,5-6H2,1-4H3,(H,15,16,17). The lowest BCUT2D eigenvalue weighted by Gasteiger charge is -2.19. The van der Waals surface area contributed by atoms with Gasteiger partial charge in [-0.3, -0.25) is 14.6 Å². The van der Waals surface area contributed by atoms with Crippen LogP contribution < -0.4 is 5.32 Å². The molecule has 1 rings (SSSR count). The topological polar surface area (TPSA) is 68.3 Å². The zero-order valence-electron chi connectivity index (χ0n) is 11.8. The molecule has 0 aliphatic rings. The normalized spacial score (nSPS) is 10.9. The fourth-order valence-electron chi connectivity index (χ4n) is 1.45. The zero-order valence-corrected chi connectivity index (χ0v) is 11.8. The number of nitrogens with zero attached hydrogens (tertiary/aromatic N) is 1. The smallest absolute Gasteiger partial charge is 0.306 e. The van der Waals surface area contributed by atoms with Gasteiger partial charge in [-0.1, -0.05) is 0 Å². The van der Waals surface area contributed by atoms with Crippen LogP contribution in [0.1, 0.15) is 39.3 Å². The summed E-state index contributed by atoms with van der Waals surface area (Å²) in [6.45, 7) is 7.23. The van der Waals surface area contributed by atoms with Gasteiger partial charge in [-0.2, -0.15) is 0 Å². The molecule has 1 N–H and O–H groups in total. The summed E-state index contributed by atoms with van der Waals surface area (Å²) < 4.78 is 5.13. The number of anilines is 1. The Morgan fingerprint density at radius 3 is 2.58 bits per heavy atom. The molecule has 5 heteroatoms. The van der Waals surface area contributed by atoms with Crippen LogP contribution in [0.4, 0.5) is 5.69 Å². The van der Waals surface area contributed by atoms with Gasteiger partial charge >= 0.3 is 5.97 Å². The Balaban J connectivity index is 2.38. The Kier molecular flexibility index (Phi) is 5.03. The number of nitrogens with one attached hydrogen (secondary N) is 1. The highest BCUT2D eigenvalue weighted by Crippen LogP contribution is 2.11. The lowest BCUT2D eigenvalue weighted by molar-refractivity contribution is -0.155. The van der Waals surface area contributed by atoms with Crippen LogP contribution >= 0.6 is 0 Å². The summed E-state index contributed by atoms with van der Waals surface area (Å²) >= 11 is 0. The number of ether oxygens (including phenoxy) is 1. The minimum Gasteiger partial charge on any atom is -0.460 e. The third kappa shape index (κ3) is 6.55. The maximum Gasteiger partial charge on any atom is 0.306 e. The average Bonchev–Trinajstić information content (AvgIpc) is 2.24. The molecule has 0 bridgehead atoms. The van der Waals surface area contributed by atoms with E-state index in [-0.39, 0.29) is 24.7 Å². The van der Waals surface area contributed by atoms with Crippen LogP contribution in [0.5, 0.6) is 0 Å². The van der Waals surface area contributed by atoms with Crippen molar-refractivity contribution in [3.8, 4) is 0 Å². The van der Waals surface area contributed by atoms with E-state index in [0.717, 1.165) is 5.69 Å². The number of carbonyl (C=O) groups excluding carboxylic acids is 2. The minimum absolute atomic E-state index is 0.0766. The number of carbonyl (C=O) groups is 2. The molecule has 1 heterocycles. The van der Waals surface area contributed by atoms with Crippen LogP contribution in [0.15, 0.2) is 18.3 Å². The highest BCUT2D eigenvalue weighted by molar-refractivity contribution is 5.92. The molecule has 104 valence electrons. The van der Waals surface area contributed by atoms with Crippen LogP contribution in [0, 0.1) is 6.92 Å². The van der Waals surface area contributed by atoms with Crippen LogP contribution in [0.2, 0.25) is 0 Å². The first-order chi connectivity index (χ1) is 8.76. The highest BCUT2D eigenvalue weighted by Gasteiger charge is 2.17. The quantitative estimate of drug-likeness (QED) is 0.848. The lowest BCUT2D eigenvalue weighted by Crippen LogP contribution is -2.24. The van der Waals surface area contributed by atoms with Crippen molar-refractivity contribution in [3.63, 3.8) is 0 Å². The average molecular weight is 264 g/mol. The Morgan fingerprint density at radius 2 is 2.00 bits per heavy atom. The first kappa shape index (κ1) is 15.1. The third-order valence-electron chi connectivity index (χ3n) is 2.16. The van der Waals surface area contributed by atoms with Crippen molar-refractivity contribution in [2.45, 2.75) is 46.1 Å². The number of amides is 1. The van der Waals surface area contributed by atoms with E-state index in [1.54, 1.807) is 39.1 Å². The maximum absolute atomic E-state index is 11.7. The summed E-state index contributed by atoms with van der Waals surface area (Å²) in [6, 6.07) is 3.48. The van der Waals surface area contributed by atoms with Gasteiger partial charge in [-0.15, -0.1) is 0 Å². The number of pyridine rings is 1. The van der Waals surface area contributed by atoms with E-state index in [1.807, 2.05) is 6.92 Å². The molecule has 0 spiro atoms. The van der Waals surface area contributed by atoms with Crippen LogP contribution in [0.3, 0.4) is 0 Å². The predicted octanol–water partition coefficient (Wildman–Crippen LogP) is 2.45. The summed E-state index contributed by atoms with van der Waals surface area (Å²) in [7, 11) is 0. The van der Waals surface area contributed by atoms with Gasteiger partial charge in [-0.25, -0.2) is 0 Å². The van der Waals surface area contributed by atoms with E-state index < -0.39 is 5.60 Å². The summed E-state index contributed by atoms with van der Waals surface area (Å²) in [5.41, 5.74) is 0.988. The maximum atomic E-state index is 11.7. The Bertz CT molecular complexity index is 464. The second-order valence-electron chi connectivity index (χ2n) is 5.32. The zero-order chi connectivity index (χ0) is 14.5. The van der Waals surface area contributed by atoms with E-state index in [1.165, 1.54) is 0 Å². The summed E-state index contributed by atoms with van der Waals surface area (Å²) in [4.78, 5) is 27.1. The molecule has 0 aromatic carbocycles. The highest BCUT2D eigenvalue weighted by atomic mass is 16.6. The van der Waals surface area contributed by atoms with Crippen molar-refractivity contribution < 1.29 is 14.3 Å². The van der Waals surface area contributed by atoms with Crippen molar-refractivity contribution in [1.82, 2.24) is 4.98 Å². The number of aryl methyl sites for hydroxylation is 1. The molecular formula is C14H20N2O3. The van der Waals surface area contributed by atoms with Crippen molar-refractivity contribution in [2.75, 3.05) is 5.32 Å². The molecule has 0 saturated carbocycles. The number of esters is 1. The van der Waals surface area contributed by atoms with E-state index in [2.05, 4.69) is 10.3 Å². The van der Waals surface area contributed by atoms with E-state index in [4.69, 9.17) is 4.74 Å². The van der Waals surface area contributed by atoms with Gasteiger partial charge in [0.05, 0.1) is 6.42 Å². The molecule has 0 radical (unpaired) electrons. The van der Waals surface area contributed by atoms with Gasteiger partial charge in [0.1, 0.15) is 5.60 Å². The van der Waals surface area contributed by atoms with Crippen molar-refractivity contribution in [2.24, 2.45) is 0 Å². The van der Waals surface area contributed by atoms with Gasteiger partial charge in [0.15, 0.2) is 0 Å². The van der Waals surface area contributed by atoms with Gasteiger partial charge in [-0.05, 0) is 39.8 Å². The molecule has 19 heavy (non-hydrogen) atoms. The first-order valence-electron chi connectivity index (χ1n) is 6.20. The molecular weight excluding hydrogens is 244 g/mol. The summed E-state index contributed by atoms with van der Waals surface area (Å²) in [5, 5.41) is 2.71. The van der Waals surface area contributed by atoms with Gasteiger partial charge < -0.3 is 10.1 Å². The number of hydrogen-bond donors (Lipinski definition) is 1. The lowest BCUT2D eigenvalue weighted by atomic mass is 10.2. The summed E-state index contributed by atoms with van der Waals surface area (Å²) in [5.74, 6) is -0.579. The minimum atomic E-state index is -0.518. The third-order valence-corrected chi connectivity index (χ3v) is 2.16. The molecule has 1 aromatic rings. The molecule has 0 saturated heterocycles. The van der Waals surface area contributed by atoms with Gasteiger partial charge in [0.25, 0.3) is 0 Å². The largest absolute Gasteiger partial charge is 0.460 e. The Hall–Kier alpha value is -1.91. The molecule has 1 aromatic heterocycles. The summed E-state index contributed by atoms with van der Waals surface area (Å²) in [6.07, 6.45) is 1.81. The Morgan fingerprint density at radius 1 is 1.32 bits per heavy atom. The first-order valence-corrected chi connectivity index (χ1v) is 6.20. The molecule has 1 amide bonds. The van der Waals surface area contributed by atoms with Crippen molar-refractivity contribution in [3.05, 3.63) is 24.0 Å². The molecule has 5 nitrogen and oxygen atoms in total. The fraction of sp³-hybridized carbons (Fsp3) is 0.500. The van der Waals surface area contributed by atoms with Gasteiger partial charge in [0.2, 0.25) is 5.91 Å². The predicted molar refractivity (Wildman–Crippen MR) is 72.7 cm³/mol. The molecule has 0 atom stereocenters. The van der Waals surface area contributed by atoms with Gasteiger partial charge in [0, 0.05) is 24.0 Å². The number of rotatable bonds is 4. The van der Waals surface area contributed by atoms with Crippen molar-refractivity contribution >= 4 is 17.6 Å². The molecule has 0 fully saturated rings. The second-order valence-corrected chi connectivity index (χ2v) is 5.32. The number of hydrogen-bond acceptors (Lipinski definition) is 4. The van der Waals surface area contributed by atoms with Crippen molar-refractivity contribution in [1.29, 1.82) is 0 Å². The van der Waals surface area contributed by atoms with Crippen LogP contribution in [-0.4, -0.2) is 22.5 Å². The van der Waals surface area contributed by atoms with E-state index in [0.29, 0.717) is 5.69 Å². The Labute approximate surface area is 113 Å². The van der Waals surface area contributed by atoms with E-state index in [9.17, 15) is 9.59 Å². The van der Waals surface area contributed by atoms with Crippen LogP contribution in [0.25, 0.3) is 0 Å². The monoisotopic (exact) mass is 264 g/mol. The fourth-order valence-corrected chi connectivity index (χ4v) is 1.45. The second kappa shape index (κ2) is 6.31. The SMILES string of the molecule is Cc1cc(NC(=O)CCC(=O)OC(C)(C)C)ccn1. The molecule has 0 unspecified atom stereocenters.